The number of carbonyl (C=O) groups excluding carboxylic acids is 1. The smallest absolute Gasteiger partial charge is 0.744 e. The van der Waals surface area contributed by atoms with Crippen LogP contribution in [0.1, 0.15) is 38.8 Å². The Bertz CT molecular complexity index is 1490. The zero-order valence-electron chi connectivity index (χ0n) is 21.2. The number of carbonyl (C=O) groups is 1. The summed E-state index contributed by atoms with van der Waals surface area (Å²) in [5.74, 6) is -0.802. The van der Waals surface area contributed by atoms with Crippen molar-refractivity contribution in [1.29, 1.82) is 0 Å². The van der Waals surface area contributed by atoms with E-state index in [4.69, 9.17) is 0 Å². The molecule has 2 aromatic rings. The normalized spacial score (nSPS) is 12.2. The van der Waals surface area contributed by atoms with Crippen LogP contribution in [0.5, 0.6) is 0 Å². The van der Waals surface area contributed by atoms with E-state index in [2.05, 4.69) is 10.0 Å². The summed E-state index contributed by atoms with van der Waals surface area (Å²) in [6.45, 7) is 6.06. The van der Waals surface area contributed by atoms with E-state index >= 15 is 0 Å². The zero-order valence-corrected chi connectivity index (χ0v) is 27.6. The van der Waals surface area contributed by atoms with Crippen LogP contribution in [0, 0.1) is 5.92 Å². The fraction of sp³-hybridized carbons (Fsp3) is 0.286. The van der Waals surface area contributed by atoms with Gasteiger partial charge in [0.2, 0.25) is 15.9 Å². The maximum atomic E-state index is 12.1. The molecule has 0 radical (unpaired) electrons. The van der Waals surface area contributed by atoms with Crippen molar-refractivity contribution in [3.05, 3.63) is 47.5 Å². The molecule has 0 saturated carbocycles. The minimum absolute atomic E-state index is 0. The second kappa shape index (κ2) is 14.0. The van der Waals surface area contributed by atoms with Crippen LogP contribution in [-0.4, -0.2) is 45.5 Å². The fourth-order valence-electron chi connectivity index (χ4n) is 2.67. The van der Waals surface area contributed by atoms with Crippen molar-refractivity contribution in [3.63, 3.8) is 0 Å². The molecule has 37 heavy (non-hydrogen) atoms. The number of amides is 1. The van der Waals surface area contributed by atoms with Crippen LogP contribution in [0.3, 0.4) is 0 Å². The Labute approximate surface area is 261 Å². The molecule has 0 atom stereocenters. The van der Waals surface area contributed by atoms with Crippen LogP contribution in [0.15, 0.2) is 46.2 Å². The van der Waals surface area contributed by atoms with Gasteiger partial charge >= 0.3 is 59.1 Å². The van der Waals surface area contributed by atoms with Crippen LogP contribution in [-0.2, 0) is 35.1 Å². The number of sulfonamides is 1. The fourth-order valence-corrected chi connectivity index (χ4v) is 4.75. The molecule has 2 N–H and O–H groups in total. The van der Waals surface area contributed by atoms with Crippen molar-refractivity contribution in [2.75, 3.05) is 10.0 Å². The number of nitrogens with one attached hydrogen (secondary N) is 2. The molecule has 0 unspecified atom stereocenters. The first-order valence-electron chi connectivity index (χ1n) is 10.1. The van der Waals surface area contributed by atoms with Gasteiger partial charge in [0.25, 0.3) is 0 Å². The van der Waals surface area contributed by atoms with Crippen LogP contribution in [0.25, 0.3) is 12.2 Å². The molecule has 2 rings (SSSR count). The minimum Gasteiger partial charge on any atom is -0.744 e. The SMILES string of the molecule is CC(C)C(=O)Nc1ccc(/C=C/c2ccc(NS(=O)(=O)C(C)C)cc2S(=O)(=O)[O-])c(S(=O)(=O)[O-])c1.[Na+].[Na+]. The van der Waals surface area contributed by atoms with Gasteiger partial charge in [-0.25, -0.2) is 25.3 Å². The van der Waals surface area contributed by atoms with Crippen molar-refractivity contribution in [2.24, 2.45) is 5.92 Å². The van der Waals surface area contributed by atoms with Gasteiger partial charge in [0, 0.05) is 17.3 Å². The Balaban J connectivity index is 0.00000648. The summed E-state index contributed by atoms with van der Waals surface area (Å²) in [5, 5.41) is 1.65. The molecular formula is C21H24N2Na2O9S3. The molecule has 0 spiro atoms. The monoisotopic (exact) mass is 590 g/mol. The van der Waals surface area contributed by atoms with Gasteiger partial charge in [-0.1, -0.05) is 38.1 Å². The third-order valence-corrected chi connectivity index (χ3v) is 8.23. The van der Waals surface area contributed by atoms with Crippen molar-refractivity contribution >= 4 is 59.7 Å². The molecule has 16 heteroatoms. The molecular weight excluding hydrogens is 566 g/mol. The number of anilines is 2. The molecule has 0 saturated heterocycles. The maximum absolute atomic E-state index is 12.1. The van der Waals surface area contributed by atoms with Gasteiger partial charge in [-0.05, 0) is 49.2 Å². The van der Waals surface area contributed by atoms with Crippen LogP contribution in [0.2, 0.25) is 0 Å². The molecule has 0 aliphatic carbocycles. The molecule has 0 aromatic heterocycles. The Morgan fingerprint density at radius 3 is 1.54 bits per heavy atom. The summed E-state index contributed by atoms with van der Waals surface area (Å²) in [6.07, 6.45) is 2.21. The van der Waals surface area contributed by atoms with Crippen molar-refractivity contribution in [3.8, 4) is 0 Å². The average Bonchev–Trinajstić information content (AvgIpc) is 2.71. The third kappa shape index (κ3) is 10.4. The molecule has 0 heterocycles. The quantitative estimate of drug-likeness (QED) is 0.169. The summed E-state index contributed by atoms with van der Waals surface area (Å²) < 4.78 is 97.0. The molecule has 0 aliphatic rings. The first-order chi connectivity index (χ1) is 15.9. The van der Waals surface area contributed by atoms with Crippen molar-refractivity contribution in [2.45, 2.75) is 42.7 Å². The zero-order chi connectivity index (χ0) is 26.8. The van der Waals surface area contributed by atoms with Crippen LogP contribution in [0.4, 0.5) is 11.4 Å². The summed E-state index contributed by atoms with van der Waals surface area (Å²) in [5.41, 5.74) is -0.376. The summed E-state index contributed by atoms with van der Waals surface area (Å²) in [6, 6.07) is 6.78. The first-order valence-corrected chi connectivity index (χ1v) is 14.5. The van der Waals surface area contributed by atoms with E-state index < -0.39 is 57.1 Å². The van der Waals surface area contributed by atoms with E-state index in [0.29, 0.717) is 0 Å². The Kier molecular flexibility index (Phi) is 13.7. The van der Waals surface area contributed by atoms with Crippen LogP contribution < -0.4 is 69.2 Å². The summed E-state index contributed by atoms with van der Waals surface area (Å²) >= 11 is 0. The topological polar surface area (TPSA) is 190 Å². The third-order valence-electron chi connectivity index (χ3n) is 4.68. The van der Waals surface area contributed by atoms with Gasteiger partial charge < -0.3 is 14.4 Å². The minimum atomic E-state index is -5.07. The Morgan fingerprint density at radius 1 is 0.757 bits per heavy atom. The Hall–Kier alpha value is -0.780. The molecule has 0 fully saturated rings. The Morgan fingerprint density at radius 2 is 1.16 bits per heavy atom. The molecule has 192 valence electrons. The van der Waals surface area contributed by atoms with E-state index in [9.17, 15) is 39.2 Å². The predicted molar refractivity (Wildman–Crippen MR) is 129 cm³/mol. The molecule has 11 nitrogen and oxygen atoms in total. The van der Waals surface area contributed by atoms with Gasteiger partial charge in [-0.3, -0.25) is 9.52 Å². The molecule has 0 bridgehead atoms. The standard InChI is InChI=1S/C21H26N2O9S3.2Na/c1-13(2)21(24)22-17-9-7-15(19(11-17)34(27,28)29)5-6-16-8-10-18(12-20(16)35(30,31)32)23-33(25,26)14(3)4;;/h5-14,23H,1-4H3,(H,22,24)(H,27,28,29)(H,30,31,32);;/q;2*+1/p-2/b6-5+;;. The number of rotatable bonds is 9. The first kappa shape index (κ1) is 36.2. The van der Waals surface area contributed by atoms with Gasteiger partial charge in [0.1, 0.15) is 20.2 Å². The summed E-state index contributed by atoms with van der Waals surface area (Å²) in [7, 11) is -13.9. The molecule has 2 aromatic carbocycles. The number of hydrogen-bond acceptors (Lipinski definition) is 9. The molecule has 1 amide bonds. The van der Waals surface area contributed by atoms with Gasteiger partial charge in [-0.15, -0.1) is 0 Å². The number of benzene rings is 2. The van der Waals surface area contributed by atoms with Crippen molar-refractivity contribution in [1.82, 2.24) is 0 Å². The van der Waals surface area contributed by atoms with Gasteiger partial charge in [0.05, 0.1) is 15.0 Å². The second-order valence-corrected chi connectivity index (χ2v) is 13.0. The van der Waals surface area contributed by atoms with E-state index in [0.717, 1.165) is 30.4 Å². The maximum Gasteiger partial charge on any atom is 1.00 e. The predicted octanol–water partition coefficient (Wildman–Crippen LogP) is -3.58. The average molecular weight is 591 g/mol. The van der Waals surface area contributed by atoms with Gasteiger partial charge in [-0.2, -0.15) is 0 Å². The second-order valence-electron chi connectivity index (χ2n) is 8.09. The van der Waals surface area contributed by atoms with E-state index in [1.54, 1.807) is 13.8 Å². The van der Waals surface area contributed by atoms with E-state index in [1.165, 1.54) is 32.0 Å². The van der Waals surface area contributed by atoms with Crippen LogP contribution >= 0.6 is 0 Å². The van der Waals surface area contributed by atoms with E-state index in [1.807, 2.05) is 0 Å². The number of hydrogen-bond donors (Lipinski definition) is 2. The molecule has 0 aliphatic heterocycles. The van der Waals surface area contributed by atoms with Gasteiger partial charge in [0.15, 0.2) is 0 Å². The van der Waals surface area contributed by atoms with E-state index in [-0.39, 0.29) is 81.6 Å². The van der Waals surface area contributed by atoms with Crippen molar-refractivity contribution < 1.29 is 98.3 Å². The summed E-state index contributed by atoms with van der Waals surface area (Å²) in [4.78, 5) is 10.4. The largest absolute Gasteiger partial charge is 1.00 e.